The van der Waals surface area contributed by atoms with Crippen molar-refractivity contribution in [2.45, 2.75) is 13.3 Å². The van der Waals surface area contributed by atoms with E-state index in [1.54, 1.807) is 7.11 Å². The molecule has 2 N–H and O–H groups in total. The van der Waals surface area contributed by atoms with Crippen LogP contribution in [0, 0.1) is 11.3 Å². The number of thiazole rings is 1. The molecule has 0 aliphatic heterocycles. The summed E-state index contributed by atoms with van der Waals surface area (Å²) in [7, 11) is 1.61. The Labute approximate surface area is 173 Å². The zero-order valence-corrected chi connectivity index (χ0v) is 17.2. The molecule has 0 bridgehead atoms. The fourth-order valence-corrected chi connectivity index (χ4v) is 3.61. The summed E-state index contributed by atoms with van der Waals surface area (Å²) in [5, 5.41) is 19.4. The molecule has 0 aliphatic rings. The summed E-state index contributed by atoms with van der Waals surface area (Å²) in [6.45, 7) is 6.69. The van der Waals surface area contributed by atoms with Crippen LogP contribution in [0.4, 0.5) is 5.69 Å². The van der Waals surface area contributed by atoms with Gasteiger partial charge in [-0.3, -0.25) is 4.79 Å². The Bertz CT molecular complexity index is 1100. The highest BCUT2D eigenvalue weighted by Gasteiger charge is 2.14. The van der Waals surface area contributed by atoms with Crippen LogP contribution >= 0.6 is 11.3 Å². The number of nitrogens with one attached hydrogen (secondary N) is 2. The Kier molecular flexibility index (Phi) is 6.47. The van der Waals surface area contributed by atoms with Gasteiger partial charge in [0, 0.05) is 35.0 Å². The largest absolute Gasteiger partial charge is 0.495 e. The summed E-state index contributed by atoms with van der Waals surface area (Å²) < 4.78 is 5.50. The van der Waals surface area contributed by atoms with Crippen molar-refractivity contribution in [3.8, 4) is 23.1 Å². The molecule has 29 heavy (non-hydrogen) atoms. The maximum atomic E-state index is 12.2. The number of nitrogens with zero attached hydrogens (tertiary/aromatic N) is 2. The molecule has 1 aromatic heterocycles. The van der Waals surface area contributed by atoms with E-state index in [1.165, 1.54) is 11.3 Å². The Morgan fingerprint density at radius 3 is 2.86 bits per heavy atom. The quantitative estimate of drug-likeness (QED) is 0.534. The van der Waals surface area contributed by atoms with Gasteiger partial charge in [-0.1, -0.05) is 31.7 Å². The molecule has 1 heterocycles. The van der Waals surface area contributed by atoms with Crippen LogP contribution in [-0.4, -0.2) is 31.1 Å². The van der Waals surface area contributed by atoms with Crippen molar-refractivity contribution in [1.82, 2.24) is 10.3 Å². The Balaban J connectivity index is 1.98. The normalized spacial score (nSPS) is 10.4. The second-order valence-electron chi connectivity index (χ2n) is 6.44. The van der Waals surface area contributed by atoms with Crippen molar-refractivity contribution in [2.24, 2.45) is 0 Å². The number of benzene rings is 2. The van der Waals surface area contributed by atoms with E-state index in [0.29, 0.717) is 29.4 Å². The minimum Gasteiger partial charge on any atom is -0.495 e. The number of hydrogen-bond donors (Lipinski definition) is 2. The number of rotatable bonds is 8. The number of ether oxygens (including phenoxy) is 1. The smallest absolute Gasteiger partial charge is 0.280 e. The van der Waals surface area contributed by atoms with Crippen LogP contribution in [0.15, 0.2) is 47.9 Å². The van der Waals surface area contributed by atoms with Gasteiger partial charge < -0.3 is 15.4 Å². The average molecular weight is 407 g/mol. The topological polar surface area (TPSA) is 87.0 Å². The van der Waals surface area contributed by atoms with Crippen LogP contribution in [0.5, 0.6) is 5.75 Å². The number of methoxy groups -OCH3 is 1. The molecule has 2 aromatic carbocycles. The summed E-state index contributed by atoms with van der Waals surface area (Å²) in [6, 6.07) is 11.9. The number of hydrogen-bond acceptors (Lipinski definition) is 6. The minimum atomic E-state index is -0.150. The average Bonchev–Trinajstić information content (AvgIpc) is 3.25. The first kappa shape index (κ1) is 20.4. The summed E-state index contributed by atoms with van der Waals surface area (Å²) in [4.78, 5) is 16.6. The Morgan fingerprint density at radius 1 is 1.34 bits per heavy atom. The van der Waals surface area contributed by atoms with E-state index >= 15 is 0 Å². The predicted octanol–water partition coefficient (Wildman–Crippen LogP) is 4.60. The monoisotopic (exact) mass is 406 g/mol. The van der Waals surface area contributed by atoms with Crippen LogP contribution in [0.2, 0.25) is 0 Å². The molecule has 0 spiro atoms. The summed E-state index contributed by atoms with van der Waals surface area (Å²) >= 11 is 1.33. The minimum absolute atomic E-state index is 0.150. The molecule has 0 saturated carbocycles. The molecule has 3 aromatic rings. The standard InChI is InChI=1S/C22H22N4O2S/c1-4-9-24-21(27)22-26-18(13-29-22)16-6-5-15-7-8-19(28-3)20(17(15)10-16)25-12-14(2)11-23/h5-8,10,13,25H,2,4,9,12H2,1,3H3,(H,24,27). The van der Waals surface area contributed by atoms with E-state index in [4.69, 9.17) is 10.00 Å². The third kappa shape index (κ3) is 4.55. The molecule has 1 amide bonds. The number of carbonyl (C=O) groups excluding carboxylic acids is 1. The molecule has 0 unspecified atom stereocenters. The van der Waals surface area contributed by atoms with Crippen molar-refractivity contribution >= 4 is 33.7 Å². The molecule has 7 heteroatoms. The van der Waals surface area contributed by atoms with E-state index in [2.05, 4.69) is 22.2 Å². The van der Waals surface area contributed by atoms with Gasteiger partial charge in [0.2, 0.25) is 0 Å². The second kappa shape index (κ2) is 9.22. The van der Waals surface area contributed by atoms with E-state index in [9.17, 15) is 4.79 Å². The summed E-state index contributed by atoms with van der Waals surface area (Å²) in [5.74, 6) is 0.529. The van der Waals surface area contributed by atoms with Crippen molar-refractivity contribution in [3.05, 3.63) is 52.9 Å². The van der Waals surface area contributed by atoms with Gasteiger partial charge in [-0.2, -0.15) is 5.26 Å². The molecule has 0 atom stereocenters. The molecule has 6 nitrogen and oxygen atoms in total. The lowest BCUT2D eigenvalue weighted by atomic mass is 10.0. The molecule has 0 fully saturated rings. The Hall–Kier alpha value is -3.37. The molecule has 0 aliphatic carbocycles. The zero-order valence-electron chi connectivity index (χ0n) is 16.4. The fourth-order valence-electron chi connectivity index (χ4n) is 2.87. The number of carbonyl (C=O) groups is 1. The van der Waals surface area contributed by atoms with Gasteiger partial charge in [0.15, 0.2) is 5.01 Å². The fraction of sp³-hybridized carbons (Fsp3) is 0.227. The van der Waals surface area contributed by atoms with E-state index in [0.717, 1.165) is 34.1 Å². The highest BCUT2D eigenvalue weighted by molar-refractivity contribution is 7.12. The SMILES string of the molecule is C=C(C#N)CNc1c(OC)ccc2ccc(-c3csc(C(=O)NCCC)n3)cc12. The van der Waals surface area contributed by atoms with Gasteiger partial charge in [0.25, 0.3) is 5.91 Å². The molecule has 0 saturated heterocycles. The first-order valence-corrected chi connectivity index (χ1v) is 10.1. The third-order valence-corrected chi connectivity index (χ3v) is 5.21. The van der Waals surface area contributed by atoms with Gasteiger partial charge in [-0.15, -0.1) is 11.3 Å². The summed E-state index contributed by atoms with van der Waals surface area (Å²) in [6.07, 6.45) is 0.879. The third-order valence-electron chi connectivity index (χ3n) is 4.37. The number of aromatic nitrogens is 1. The van der Waals surface area contributed by atoms with Crippen molar-refractivity contribution in [2.75, 3.05) is 25.5 Å². The van der Waals surface area contributed by atoms with Crippen molar-refractivity contribution in [1.29, 1.82) is 5.26 Å². The number of fused-ring (bicyclic) bond motifs is 1. The van der Waals surface area contributed by atoms with Gasteiger partial charge >= 0.3 is 0 Å². The van der Waals surface area contributed by atoms with E-state index < -0.39 is 0 Å². The first-order chi connectivity index (χ1) is 14.1. The van der Waals surface area contributed by atoms with Crippen molar-refractivity contribution < 1.29 is 9.53 Å². The molecule has 148 valence electrons. The molecular formula is C22H22N4O2S. The lowest BCUT2D eigenvalue weighted by Crippen LogP contribution is -2.23. The van der Waals surface area contributed by atoms with Crippen LogP contribution in [0.1, 0.15) is 23.1 Å². The lowest BCUT2D eigenvalue weighted by Gasteiger charge is -2.14. The number of nitriles is 1. The highest BCUT2D eigenvalue weighted by atomic mass is 32.1. The molecule has 3 rings (SSSR count). The van der Waals surface area contributed by atoms with Gasteiger partial charge in [0.05, 0.1) is 24.6 Å². The first-order valence-electron chi connectivity index (χ1n) is 9.24. The van der Waals surface area contributed by atoms with Gasteiger partial charge in [-0.25, -0.2) is 4.98 Å². The van der Waals surface area contributed by atoms with Crippen LogP contribution < -0.4 is 15.4 Å². The molecular weight excluding hydrogens is 384 g/mol. The maximum Gasteiger partial charge on any atom is 0.280 e. The van der Waals surface area contributed by atoms with Crippen molar-refractivity contribution in [3.63, 3.8) is 0 Å². The van der Waals surface area contributed by atoms with Crippen LogP contribution in [-0.2, 0) is 0 Å². The number of anilines is 1. The predicted molar refractivity (Wildman–Crippen MR) is 117 cm³/mol. The van der Waals surface area contributed by atoms with E-state index in [-0.39, 0.29) is 5.91 Å². The Morgan fingerprint density at radius 2 is 2.14 bits per heavy atom. The van der Waals surface area contributed by atoms with Gasteiger partial charge in [-0.05, 0) is 23.9 Å². The maximum absolute atomic E-state index is 12.2. The highest BCUT2D eigenvalue weighted by Crippen LogP contribution is 2.36. The zero-order chi connectivity index (χ0) is 20.8. The van der Waals surface area contributed by atoms with Gasteiger partial charge in [0.1, 0.15) is 5.75 Å². The van der Waals surface area contributed by atoms with E-state index in [1.807, 2.05) is 48.7 Å². The van der Waals surface area contributed by atoms with Crippen LogP contribution in [0.3, 0.4) is 0 Å². The summed E-state index contributed by atoms with van der Waals surface area (Å²) in [5.41, 5.74) is 2.87. The number of amides is 1. The van der Waals surface area contributed by atoms with Crippen LogP contribution in [0.25, 0.3) is 22.0 Å². The lowest BCUT2D eigenvalue weighted by molar-refractivity contribution is 0.0953. The molecule has 0 radical (unpaired) electrons. The second-order valence-corrected chi connectivity index (χ2v) is 7.30.